The first-order valence-corrected chi connectivity index (χ1v) is 17.7. The van der Waals surface area contributed by atoms with Gasteiger partial charge >= 0.3 is 17.9 Å². The number of hydrogen-bond acceptors (Lipinski definition) is 13. The fourth-order valence-corrected chi connectivity index (χ4v) is 3.53. The van der Waals surface area contributed by atoms with Crippen molar-refractivity contribution in [1.29, 1.82) is 0 Å². The van der Waals surface area contributed by atoms with Crippen molar-refractivity contribution >= 4 is 49.2 Å². The maximum atomic E-state index is 11.5. The van der Waals surface area contributed by atoms with Crippen molar-refractivity contribution < 1.29 is 43.2 Å². The summed E-state index contributed by atoms with van der Waals surface area (Å²) in [5.41, 5.74) is 10.8. The van der Waals surface area contributed by atoms with Crippen LogP contribution in [-0.2, 0) is 38.1 Å². The Morgan fingerprint density at radius 2 is 0.885 bits per heavy atom. The number of hydrogen-bond donors (Lipinski definition) is 3. The molecule has 0 bridgehead atoms. The van der Waals surface area contributed by atoms with Gasteiger partial charge in [-0.3, -0.25) is 34.7 Å². The van der Waals surface area contributed by atoms with Crippen molar-refractivity contribution in [3.8, 4) is 0 Å². The van der Waals surface area contributed by atoms with Gasteiger partial charge in [0.15, 0.2) is 6.23 Å². The summed E-state index contributed by atoms with van der Waals surface area (Å²) < 4.78 is 19.4. The van der Waals surface area contributed by atoms with E-state index in [2.05, 4.69) is 4.74 Å². The van der Waals surface area contributed by atoms with Crippen LogP contribution < -0.4 is 11.5 Å². The molecular weight excluding hydrogens is 715 g/mol. The van der Waals surface area contributed by atoms with Crippen LogP contribution in [0.3, 0.4) is 0 Å². The fraction of sp³-hybridized carbons (Fsp3) is 0.892. The first-order valence-electron chi connectivity index (χ1n) is 17.7. The summed E-state index contributed by atoms with van der Waals surface area (Å²) >= 11 is 0. The second-order valence-electron chi connectivity index (χ2n) is 13.2. The second-order valence-corrected chi connectivity index (χ2v) is 13.2. The van der Waals surface area contributed by atoms with Crippen molar-refractivity contribution in [1.82, 2.24) is 9.80 Å². The van der Waals surface area contributed by atoms with E-state index in [1.807, 2.05) is 121 Å². The molecule has 5 N–H and O–H groups in total. The van der Waals surface area contributed by atoms with Gasteiger partial charge in [0.1, 0.15) is 18.1 Å². The molecule has 0 aliphatic carbocycles. The molecular formula is C37H84Cl2N4O9. The molecule has 0 aromatic heterocycles. The number of likely N-dealkylation sites (N-methyl/N-ethyl adjacent to an activating group) is 2. The SMILES string of the molecule is C.CC(C)C(N)OC=O.CCCO.CCCOC(=O)C(C(C)C)N(C)C.CCCOC(=O)C(C(C)C)N(C)C.CCCOC(=O)C(N)C(C)C.Cl.Cl. The van der Waals surface area contributed by atoms with Gasteiger partial charge in [0, 0.05) is 12.5 Å². The molecule has 0 spiro atoms. The number of halogens is 2. The van der Waals surface area contributed by atoms with E-state index in [1.165, 1.54) is 0 Å². The summed E-state index contributed by atoms with van der Waals surface area (Å²) in [7, 11) is 7.60. The monoisotopic (exact) mass is 799 g/mol. The van der Waals surface area contributed by atoms with Crippen LogP contribution in [0.2, 0.25) is 0 Å². The zero-order chi connectivity index (χ0) is 39.7. The minimum absolute atomic E-state index is 0. The van der Waals surface area contributed by atoms with Gasteiger partial charge in [-0.1, -0.05) is 90.5 Å². The molecule has 13 nitrogen and oxygen atoms in total. The van der Waals surface area contributed by atoms with Crippen LogP contribution in [0, 0.1) is 23.7 Å². The Bertz CT molecular complexity index is 738. The highest BCUT2D eigenvalue weighted by atomic mass is 35.5. The van der Waals surface area contributed by atoms with E-state index in [4.69, 9.17) is 30.8 Å². The average molecular weight is 800 g/mol. The first kappa shape index (κ1) is 68.3. The zero-order valence-electron chi connectivity index (χ0n) is 34.9. The lowest BCUT2D eigenvalue weighted by molar-refractivity contribution is -0.151. The number of carbonyl (C=O) groups is 4. The molecule has 4 atom stereocenters. The van der Waals surface area contributed by atoms with Crippen molar-refractivity contribution in [3.63, 3.8) is 0 Å². The molecule has 15 heteroatoms. The van der Waals surface area contributed by atoms with Crippen LogP contribution in [0.1, 0.15) is 116 Å². The summed E-state index contributed by atoms with van der Waals surface area (Å²) in [6, 6.07) is -0.709. The van der Waals surface area contributed by atoms with E-state index >= 15 is 0 Å². The third-order valence-corrected chi connectivity index (χ3v) is 6.29. The molecule has 320 valence electrons. The Balaban J connectivity index is -0.0000000793. The normalized spacial score (nSPS) is 12.2. The van der Waals surface area contributed by atoms with Gasteiger partial charge in [-0.25, -0.2) is 0 Å². The van der Waals surface area contributed by atoms with Gasteiger partial charge in [0.05, 0.1) is 19.8 Å². The highest BCUT2D eigenvalue weighted by Gasteiger charge is 2.26. The van der Waals surface area contributed by atoms with Gasteiger partial charge in [-0.2, -0.15) is 0 Å². The minimum Gasteiger partial charge on any atom is -0.465 e. The lowest BCUT2D eigenvalue weighted by atomic mass is 10.0. The molecule has 0 saturated heterocycles. The van der Waals surface area contributed by atoms with Crippen LogP contribution in [0.25, 0.3) is 0 Å². The molecule has 0 saturated carbocycles. The van der Waals surface area contributed by atoms with Crippen molar-refractivity contribution in [2.75, 3.05) is 54.6 Å². The maximum Gasteiger partial charge on any atom is 0.323 e. The lowest BCUT2D eigenvalue weighted by Crippen LogP contribution is -2.41. The Labute approximate surface area is 331 Å². The van der Waals surface area contributed by atoms with E-state index in [9.17, 15) is 19.2 Å². The number of aliphatic hydroxyl groups excluding tert-OH is 1. The molecule has 0 fully saturated rings. The minimum atomic E-state index is -0.471. The van der Waals surface area contributed by atoms with E-state index < -0.39 is 12.3 Å². The fourth-order valence-electron chi connectivity index (χ4n) is 3.53. The first-order chi connectivity index (χ1) is 22.7. The third-order valence-electron chi connectivity index (χ3n) is 6.29. The maximum absolute atomic E-state index is 11.5. The predicted octanol–water partition coefficient (Wildman–Crippen LogP) is 5.94. The van der Waals surface area contributed by atoms with Crippen molar-refractivity contribution in [2.45, 2.75) is 141 Å². The van der Waals surface area contributed by atoms with Crippen LogP contribution >= 0.6 is 24.8 Å². The molecule has 0 rings (SSSR count). The number of nitrogens with two attached hydrogens (primary N) is 2. The standard InChI is InChI=1S/2C10H21NO2.C8H17NO2.C5H11NO2.C3H8O.CH4.2ClH/c2*1-6-7-13-10(12)9(8(2)3)11(4)5;1-4-5-11-8(10)7(9)6(2)3;1-4(2)5(6)8-3-7;1-2-3-4;;;/h2*8-9H,6-7H2,1-5H3;6-7H,4-5,9H2,1-3H3;3-5H,6H2,1-2H3;4H,2-3H2,1H3;1H4;2*1H. The van der Waals surface area contributed by atoms with Gasteiger partial charge in [0.25, 0.3) is 6.47 Å². The Morgan fingerprint density at radius 1 is 0.596 bits per heavy atom. The molecule has 0 aliphatic rings. The molecule has 0 amide bonds. The second kappa shape index (κ2) is 45.4. The third kappa shape index (κ3) is 42.7. The van der Waals surface area contributed by atoms with Crippen LogP contribution in [0.15, 0.2) is 0 Å². The molecule has 0 aromatic carbocycles. The number of esters is 3. The van der Waals surface area contributed by atoms with Crippen LogP contribution in [0.4, 0.5) is 0 Å². The number of carbonyl (C=O) groups excluding carboxylic acids is 4. The number of rotatable bonds is 18. The van der Waals surface area contributed by atoms with E-state index in [0.717, 1.165) is 25.7 Å². The highest BCUT2D eigenvalue weighted by molar-refractivity contribution is 5.85. The summed E-state index contributed by atoms with van der Waals surface area (Å²) in [5, 5.41) is 7.88. The number of ether oxygens (including phenoxy) is 4. The summed E-state index contributed by atoms with van der Waals surface area (Å²) in [4.78, 5) is 47.5. The largest absolute Gasteiger partial charge is 0.465 e. The predicted molar refractivity (Wildman–Crippen MR) is 220 cm³/mol. The average Bonchev–Trinajstić information content (AvgIpc) is 3.01. The van der Waals surface area contributed by atoms with Crippen LogP contribution in [0.5, 0.6) is 0 Å². The van der Waals surface area contributed by atoms with Gasteiger partial charge in [-0.05, 0) is 71.6 Å². The number of nitrogens with zero attached hydrogens (tertiary/aromatic N) is 2. The summed E-state index contributed by atoms with van der Waals surface area (Å²) in [6.07, 6.45) is 3.03. The van der Waals surface area contributed by atoms with E-state index in [0.29, 0.717) is 44.7 Å². The van der Waals surface area contributed by atoms with Gasteiger partial charge < -0.3 is 29.8 Å². The molecule has 4 unspecified atom stereocenters. The summed E-state index contributed by atoms with van der Waals surface area (Å²) in [5.74, 6) is 0.420. The quantitative estimate of drug-likeness (QED) is 0.0641. The number of aliphatic hydroxyl groups is 1. The Hall–Kier alpha value is -1.74. The molecule has 0 radical (unpaired) electrons. The Morgan fingerprint density at radius 3 is 1.04 bits per heavy atom. The van der Waals surface area contributed by atoms with Crippen LogP contribution in [-0.4, -0.2) is 118 Å². The molecule has 0 aliphatic heterocycles. The lowest BCUT2D eigenvalue weighted by Gasteiger charge is -2.25. The zero-order valence-corrected chi connectivity index (χ0v) is 36.6. The summed E-state index contributed by atoms with van der Waals surface area (Å²) in [6.45, 7) is 25.7. The van der Waals surface area contributed by atoms with Crippen molar-refractivity contribution in [3.05, 3.63) is 0 Å². The molecule has 0 heterocycles. The highest BCUT2D eigenvalue weighted by Crippen LogP contribution is 2.10. The van der Waals surface area contributed by atoms with E-state index in [-0.39, 0.29) is 74.1 Å². The Kier molecular flexibility index (Phi) is 59.6. The smallest absolute Gasteiger partial charge is 0.323 e. The topological polar surface area (TPSA) is 184 Å². The molecule has 52 heavy (non-hydrogen) atoms. The van der Waals surface area contributed by atoms with Crippen molar-refractivity contribution in [2.24, 2.45) is 35.1 Å². The van der Waals surface area contributed by atoms with Gasteiger partial charge in [-0.15, -0.1) is 24.8 Å². The van der Waals surface area contributed by atoms with Gasteiger partial charge in [0.2, 0.25) is 0 Å². The molecule has 0 aromatic rings. The van der Waals surface area contributed by atoms with E-state index in [1.54, 1.807) is 0 Å².